The molecule has 0 aliphatic carbocycles. The highest BCUT2D eigenvalue weighted by Gasteiger charge is 2.24. The number of halogens is 1. The molecule has 2 aromatic carbocycles. The fraction of sp³-hybridized carbons (Fsp3) is 0.294. The van der Waals surface area contributed by atoms with Crippen molar-refractivity contribution in [3.05, 3.63) is 59.9 Å². The number of hydrogen-bond donors (Lipinski definition) is 1. The summed E-state index contributed by atoms with van der Waals surface area (Å²) in [7, 11) is 1.57. The third kappa shape index (κ3) is 3.52. The van der Waals surface area contributed by atoms with Crippen molar-refractivity contribution in [2.45, 2.75) is 25.5 Å². The molecule has 0 aromatic heterocycles. The average molecular weight is 289 g/mol. The molecule has 0 aliphatic rings. The molecule has 0 heterocycles. The Morgan fingerprint density at radius 2 is 1.67 bits per heavy atom. The third-order valence-corrected chi connectivity index (χ3v) is 3.40. The minimum Gasteiger partial charge on any atom is -0.493 e. The average Bonchev–Trinajstić information content (AvgIpc) is 2.53. The van der Waals surface area contributed by atoms with Crippen LogP contribution in [0.1, 0.15) is 25.0 Å². The second-order valence-corrected chi connectivity index (χ2v) is 4.78. The van der Waals surface area contributed by atoms with E-state index in [0.29, 0.717) is 23.5 Å². The van der Waals surface area contributed by atoms with Crippen LogP contribution in [0.2, 0.25) is 0 Å². The van der Waals surface area contributed by atoms with Crippen molar-refractivity contribution >= 4 is 0 Å². The molecule has 2 atom stereocenters. The predicted molar refractivity (Wildman–Crippen MR) is 81.0 cm³/mol. The Labute approximate surface area is 124 Å². The van der Waals surface area contributed by atoms with E-state index in [2.05, 4.69) is 0 Å². The van der Waals surface area contributed by atoms with Crippen molar-refractivity contribution in [3.8, 4) is 11.5 Å². The molecule has 0 fully saturated rings. The Hall–Kier alpha value is -2.07. The van der Waals surface area contributed by atoms with E-state index in [-0.39, 0.29) is 11.9 Å². The summed E-state index contributed by atoms with van der Waals surface area (Å²) in [5.41, 5.74) is 6.58. The second kappa shape index (κ2) is 7.09. The van der Waals surface area contributed by atoms with Gasteiger partial charge in [0.1, 0.15) is 11.9 Å². The van der Waals surface area contributed by atoms with Crippen LogP contribution in [0.25, 0.3) is 0 Å². The molecule has 112 valence electrons. The van der Waals surface area contributed by atoms with Gasteiger partial charge >= 0.3 is 0 Å². The van der Waals surface area contributed by atoms with Gasteiger partial charge in [-0.15, -0.1) is 0 Å². The molecule has 0 amide bonds. The first-order valence-corrected chi connectivity index (χ1v) is 6.97. The van der Waals surface area contributed by atoms with Gasteiger partial charge in [-0.3, -0.25) is 0 Å². The van der Waals surface area contributed by atoms with E-state index in [1.165, 1.54) is 6.07 Å². The number of rotatable bonds is 6. The van der Waals surface area contributed by atoms with Crippen LogP contribution in [-0.4, -0.2) is 13.2 Å². The van der Waals surface area contributed by atoms with Crippen molar-refractivity contribution in [3.63, 3.8) is 0 Å². The lowest BCUT2D eigenvalue weighted by atomic mass is 10.00. The van der Waals surface area contributed by atoms with E-state index in [0.717, 1.165) is 0 Å². The molecule has 2 aromatic rings. The summed E-state index contributed by atoms with van der Waals surface area (Å²) >= 11 is 0. The lowest BCUT2D eigenvalue weighted by Gasteiger charge is -2.25. The van der Waals surface area contributed by atoms with E-state index in [1.54, 1.807) is 37.4 Å². The first-order valence-electron chi connectivity index (χ1n) is 6.97. The Morgan fingerprint density at radius 3 is 2.29 bits per heavy atom. The van der Waals surface area contributed by atoms with E-state index in [1.807, 2.05) is 19.1 Å². The molecule has 0 saturated heterocycles. The fourth-order valence-corrected chi connectivity index (χ4v) is 2.15. The molecule has 2 N–H and O–H groups in total. The maximum absolute atomic E-state index is 14.1. The van der Waals surface area contributed by atoms with Crippen LogP contribution in [0.4, 0.5) is 4.39 Å². The molecular formula is C17H20FNO2. The van der Waals surface area contributed by atoms with Crippen molar-refractivity contribution in [2.75, 3.05) is 7.11 Å². The Morgan fingerprint density at radius 1 is 1.05 bits per heavy atom. The summed E-state index contributed by atoms with van der Waals surface area (Å²) in [5, 5.41) is 0. The van der Waals surface area contributed by atoms with Gasteiger partial charge in [-0.1, -0.05) is 37.3 Å². The summed E-state index contributed by atoms with van der Waals surface area (Å²) in [5.74, 6) is 0.834. The van der Waals surface area contributed by atoms with Gasteiger partial charge in [0.2, 0.25) is 0 Å². The van der Waals surface area contributed by atoms with Crippen molar-refractivity contribution in [1.29, 1.82) is 0 Å². The number of nitrogens with two attached hydrogens (primary N) is 1. The zero-order valence-electron chi connectivity index (χ0n) is 12.3. The summed E-state index contributed by atoms with van der Waals surface area (Å²) < 4.78 is 25.3. The van der Waals surface area contributed by atoms with Crippen LogP contribution >= 0.6 is 0 Å². The van der Waals surface area contributed by atoms with Crippen LogP contribution in [0.15, 0.2) is 48.5 Å². The van der Waals surface area contributed by atoms with Crippen molar-refractivity contribution in [1.82, 2.24) is 0 Å². The fourth-order valence-electron chi connectivity index (χ4n) is 2.15. The summed E-state index contributed by atoms with van der Waals surface area (Å²) in [6, 6.07) is 13.5. The first kappa shape index (κ1) is 15.3. The zero-order valence-corrected chi connectivity index (χ0v) is 12.3. The summed E-state index contributed by atoms with van der Waals surface area (Å²) in [6.45, 7) is 1.95. The highest BCUT2D eigenvalue weighted by atomic mass is 19.1. The van der Waals surface area contributed by atoms with Gasteiger partial charge in [-0.2, -0.15) is 0 Å². The number of benzene rings is 2. The largest absolute Gasteiger partial charge is 0.493 e. The van der Waals surface area contributed by atoms with Crippen LogP contribution in [0.5, 0.6) is 11.5 Å². The lowest BCUT2D eigenvalue weighted by Crippen LogP contribution is -2.32. The molecule has 0 bridgehead atoms. The summed E-state index contributed by atoms with van der Waals surface area (Å²) in [4.78, 5) is 0. The molecule has 2 rings (SSSR count). The highest BCUT2D eigenvalue weighted by Crippen LogP contribution is 2.33. The van der Waals surface area contributed by atoms with Gasteiger partial charge in [0.25, 0.3) is 0 Å². The van der Waals surface area contributed by atoms with E-state index >= 15 is 0 Å². The van der Waals surface area contributed by atoms with Gasteiger partial charge in [-0.25, -0.2) is 4.39 Å². The van der Waals surface area contributed by atoms with Gasteiger partial charge in [0.05, 0.1) is 7.11 Å². The maximum atomic E-state index is 14.1. The van der Waals surface area contributed by atoms with Crippen molar-refractivity contribution < 1.29 is 13.9 Å². The smallest absolute Gasteiger partial charge is 0.162 e. The third-order valence-electron chi connectivity index (χ3n) is 3.40. The van der Waals surface area contributed by atoms with Crippen molar-refractivity contribution in [2.24, 2.45) is 5.73 Å². The monoisotopic (exact) mass is 289 g/mol. The Bertz CT molecular complexity index is 589. The molecule has 4 heteroatoms. The number of hydrogen-bond acceptors (Lipinski definition) is 3. The second-order valence-electron chi connectivity index (χ2n) is 4.78. The van der Waals surface area contributed by atoms with E-state index < -0.39 is 6.10 Å². The quantitative estimate of drug-likeness (QED) is 0.882. The highest BCUT2D eigenvalue weighted by molar-refractivity contribution is 5.40. The minimum absolute atomic E-state index is 0.313. The molecule has 0 spiro atoms. The van der Waals surface area contributed by atoms with Crippen LogP contribution in [-0.2, 0) is 0 Å². The van der Waals surface area contributed by atoms with Crippen LogP contribution < -0.4 is 15.2 Å². The predicted octanol–water partition coefficient (Wildman–Crippen LogP) is 3.69. The van der Waals surface area contributed by atoms with Crippen LogP contribution in [0, 0.1) is 5.82 Å². The first-order chi connectivity index (χ1) is 10.2. The number of ether oxygens (including phenoxy) is 2. The van der Waals surface area contributed by atoms with Gasteiger partial charge in [-0.05, 0) is 24.6 Å². The van der Waals surface area contributed by atoms with Gasteiger partial charge in [0.15, 0.2) is 11.5 Å². The molecule has 3 nitrogen and oxygen atoms in total. The molecule has 0 radical (unpaired) electrons. The molecule has 0 saturated carbocycles. The van der Waals surface area contributed by atoms with Crippen LogP contribution in [0.3, 0.4) is 0 Å². The van der Waals surface area contributed by atoms with Gasteiger partial charge < -0.3 is 15.2 Å². The van der Waals surface area contributed by atoms with E-state index in [9.17, 15) is 4.39 Å². The number of para-hydroxylation sites is 2. The maximum Gasteiger partial charge on any atom is 0.162 e. The normalized spacial score (nSPS) is 13.5. The van der Waals surface area contributed by atoms with E-state index in [4.69, 9.17) is 15.2 Å². The zero-order chi connectivity index (χ0) is 15.2. The minimum atomic E-state index is -0.563. The lowest BCUT2D eigenvalue weighted by molar-refractivity contribution is 0.160. The topological polar surface area (TPSA) is 44.5 Å². The molecule has 2 unspecified atom stereocenters. The molecule has 0 aliphatic heterocycles. The summed E-state index contributed by atoms with van der Waals surface area (Å²) in [6.07, 6.45) is 0.112. The standard InChI is InChI=1S/C17H20FNO2/c1-3-14(19)17(12-8-4-5-9-13(12)18)21-16-11-7-6-10-15(16)20-2/h4-11,14,17H,3,19H2,1-2H3. The molecular weight excluding hydrogens is 269 g/mol. The Kier molecular flexibility index (Phi) is 5.17. The SMILES string of the molecule is CCC(N)C(Oc1ccccc1OC)c1ccccc1F. The molecule has 21 heavy (non-hydrogen) atoms. The Balaban J connectivity index is 2.36. The van der Waals surface area contributed by atoms with Gasteiger partial charge in [0, 0.05) is 11.6 Å². The number of methoxy groups -OCH3 is 1.